The number of benzene rings is 1. The van der Waals surface area contributed by atoms with Crippen molar-refractivity contribution in [1.29, 1.82) is 0 Å². The first-order valence-electron chi connectivity index (χ1n) is 6.83. The summed E-state index contributed by atoms with van der Waals surface area (Å²) in [6.45, 7) is 4.32. The number of hydrogen-bond donors (Lipinski definition) is 0. The molecule has 100 valence electrons. The van der Waals surface area contributed by atoms with Crippen LogP contribution in [0, 0.1) is 0 Å². The van der Waals surface area contributed by atoms with E-state index in [-0.39, 0.29) is 6.10 Å². The molecular formula is C15H24N2O. The lowest BCUT2D eigenvalue weighted by atomic mass is 10.1. The van der Waals surface area contributed by atoms with Gasteiger partial charge in [0.2, 0.25) is 0 Å². The number of rotatable bonds is 5. The Bertz CT molecular complexity index is 373. The zero-order chi connectivity index (χ0) is 13.0. The lowest BCUT2D eigenvalue weighted by Crippen LogP contribution is -2.26. The summed E-state index contributed by atoms with van der Waals surface area (Å²) < 4.78 is 0. The second-order valence-corrected chi connectivity index (χ2v) is 5.32. The molecule has 1 saturated heterocycles. The molecule has 1 fully saturated rings. The lowest BCUT2D eigenvalue weighted by Gasteiger charge is -2.21. The topological polar surface area (TPSA) is 15.7 Å². The van der Waals surface area contributed by atoms with Crippen LogP contribution in [0.4, 0.5) is 5.69 Å². The van der Waals surface area contributed by atoms with E-state index in [1.165, 1.54) is 24.1 Å². The van der Waals surface area contributed by atoms with Crippen LogP contribution < -0.4 is 4.90 Å². The van der Waals surface area contributed by atoms with Gasteiger partial charge in [-0.1, -0.05) is 12.1 Å². The Hall–Kier alpha value is -1.06. The molecule has 0 bridgehead atoms. The normalized spacial score (nSPS) is 17.9. The van der Waals surface area contributed by atoms with Crippen molar-refractivity contribution < 1.29 is 4.84 Å². The van der Waals surface area contributed by atoms with Gasteiger partial charge >= 0.3 is 0 Å². The molecule has 2 rings (SSSR count). The van der Waals surface area contributed by atoms with Crippen LogP contribution >= 0.6 is 0 Å². The molecular weight excluding hydrogens is 224 g/mol. The third kappa shape index (κ3) is 3.72. The Labute approximate surface area is 110 Å². The van der Waals surface area contributed by atoms with Gasteiger partial charge in [0.25, 0.3) is 0 Å². The third-order valence-electron chi connectivity index (χ3n) is 3.34. The first-order valence-corrected chi connectivity index (χ1v) is 6.83. The fourth-order valence-electron chi connectivity index (χ4n) is 2.38. The molecule has 0 N–H and O–H groups in total. The Kier molecular flexibility index (Phi) is 4.61. The van der Waals surface area contributed by atoms with Crippen LogP contribution in [0.2, 0.25) is 0 Å². The fourth-order valence-corrected chi connectivity index (χ4v) is 2.38. The van der Waals surface area contributed by atoms with E-state index in [1.807, 2.05) is 0 Å². The van der Waals surface area contributed by atoms with E-state index in [4.69, 9.17) is 4.84 Å². The fraction of sp³-hybridized carbons (Fsp3) is 0.600. The van der Waals surface area contributed by atoms with Crippen LogP contribution in [0.3, 0.4) is 0 Å². The van der Waals surface area contributed by atoms with Crippen molar-refractivity contribution in [2.75, 3.05) is 32.1 Å². The predicted octanol–water partition coefficient (Wildman–Crippen LogP) is 2.71. The van der Waals surface area contributed by atoms with Crippen LogP contribution in [0.1, 0.15) is 25.3 Å². The minimum atomic E-state index is 0.250. The molecule has 0 saturated carbocycles. The first kappa shape index (κ1) is 13.4. The molecule has 1 aliphatic rings. The SMILES string of the molecule is CC(Cc1cccc(N(C)C)c1)ON1CCCC1. The maximum Gasteiger partial charge on any atom is 0.0805 e. The van der Waals surface area contributed by atoms with Crippen LogP contribution in [0.5, 0.6) is 0 Å². The van der Waals surface area contributed by atoms with Crippen molar-refractivity contribution in [3.8, 4) is 0 Å². The largest absolute Gasteiger partial charge is 0.378 e. The van der Waals surface area contributed by atoms with Crippen LogP contribution in [0.25, 0.3) is 0 Å². The summed E-state index contributed by atoms with van der Waals surface area (Å²) in [7, 11) is 4.15. The summed E-state index contributed by atoms with van der Waals surface area (Å²) in [6, 6.07) is 8.67. The van der Waals surface area contributed by atoms with Crippen LogP contribution in [0.15, 0.2) is 24.3 Å². The highest BCUT2D eigenvalue weighted by Crippen LogP contribution is 2.17. The first-order chi connectivity index (χ1) is 8.65. The van der Waals surface area contributed by atoms with Crippen molar-refractivity contribution in [1.82, 2.24) is 5.06 Å². The van der Waals surface area contributed by atoms with Gasteiger partial charge in [0, 0.05) is 39.3 Å². The van der Waals surface area contributed by atoms with E-state index in [0.29, 0.717) is 0 Å². The number of nitrogens with zero attached hydrogens (tertiary/aromatic N) is 2. The molecule has 1 aliphatic heterocycles. The summed E-state index contributed by atoms with van der Waals surface area (Å²) in [5, 5.41) is 2.11. The molecule has 1 heterocycles. The van der Waals surface area contributed by atoms with E-state index >= 15 is 0 Å². The summed E-state index contributed by atoms with van der Waals surface area (Å²) in [5.74, 6) is 0. The van der Waals surface area contributed by atoms with E-state index in [9.17, 15) is 0 Å². The highest BCUT2D eigenvalue weighted by atomic mass is 16.7. The maximum absolute atomic E-state index is 5.94. The van der Waals surface area contributed by atoms with Gasteiger partial charge in [-0.25, -0.2) is 0 Å². The molecule has 0 spiro atoms. The Balaban J connectivity index is 1.89. The molecule has 1 aromatic rings. The predicted molar refractivity (Wildman–Crippen MR) is 75.8 cm³/mol. The average molecular weight is 248 g/mol. The van der Waals surface area contributed by atoms with E-state index < -0.39 is 0 Å². The van der Waals surface area contributed by atoms with Crippen molar-refractivity contribution in [3.63, 3.8) is 0 Å². The molecule has 0 aliphatic carbocycles. The van der Waals surface area contributed by atoms with Gasteiger partial charge in [-0.3, -0.25) is 4.84 Å². The molecule has 1 unspecified atom stereocenters. The standard InChI is InChI=1S/C15H24N2O/c1-13(18-17-9-4-5-10-17)11-14-7-6-8-15(12-14)16(2)3/h6-8,12-13H,4-5,9-11H2,1-3H3. The zero-order valence-corrected chi connectivity index (χ0v) is 11.7. The van der Waals surface area contributed by atoms with Gasteiger partial charge in [0.15, 0.2) is 0 Å². The Morgan fingerprint density at radius 1 is 1.28 bits per heavy atom. The number of hydroxylamine groups is 2. The summed E-state index contributed by atoms with van der Waals surface area (Å²) in [5.41, 5.74) is 2.59. The summed E-state index contributed by atoms with van der Waals surface area (Å²) in [6.07, 6.45) is 3.75. The van der Waals surface area contributed by atoms with Gasteiger partial charge < -0.3 is 4.90 Å². The maximum atomic E-state index is 5.94. The van der Waals surface area contributed by atoms with Crippen LogP contribution in [-0.4, -0.2) is 38.4 Å². The second-order valence-electron chi connectivity index (χ2n) is 5.32. The zero-order valence-electron chi connectivity index (χ0n) is 11.7. The molecule has 3 nitrogen and oxygen atoms in total. The monoisotopic (exact) mass is 248 g/mol. The summed E-state index contributed by atoms with van der Waals surface area (Å²) in [4.78, 5) is 8.07. The minimum absolute atomic E-state index is 0.250. The molecule has 3 heteroatoms. The van der Waals surface area contributed by atoms with Gasteiger partial charge in [0.1, 0.15) is 0 Å². The Morgan fingerprint density at radius 3 is 2.67 bits per heavy atom. The van der Waals surface area contributed by atoms with Gasteiger partial charge in [-0.15, -0.1) is 0 Å². The highest BCUT2D eigenvalue weighted by molar-refractivity contribution is 5.47. The quantitative estimate of drug-likeness (QED) is 0.797. The van der Waals surface area contributed by atoms with Crippen molar-refractivity contribution in [2.45, 2.75) is 32.3 Å². The molecule has 0 amide bonds. The smallest absolute Gasteiger partial charge is 0.0805 e. The van der Waals surface area contributed by atoms with Crippen molar-refractivity contribution in [2.24, 2.45) is 0 Å². The third-order valence-corrected chi connectivity index (χ3v) is 3.34. The Morgan fingerprint density at radius 2 is 2.00 bits per heavy atom. The van der Waals surface area contributed by atoms with Crippen molar-refractivity contribution >= 4 is 5.69 Å². The van der Waals surface area contributed by atoms with Crippen LogP contribution in [-0.2, 0) is 11.3 Å². The number of anilines is 1. The molecule has 0 aromatic heterocycles. The highest BCUT2D eigenvalue weighted by Gasteiger charge is 2.15. The van der Waals surface area contributed by atoms with Gasteiger partial charge in [0.05, 0.1) is 6.10 Å². The molecule has 18 heavy (non-hydrogen) atoms. The van der Waals surface area contributed by atoms with E-state index in [1.54, 1.807) is 0 Å². The van der Waals surface area contributed by atoms with E-state index in [2.05, 4.69) is 55.2 Å². The molecule has 1 aromatic carbocycles. The molecule has 1 atom stereocenters. The lowest BCUT2D eigenvalue weighted by molar-refractivity contribution is -0.177. The van der Waals surface area contributed by atoms with Gasteiger partial charge in [-0.05, 0) is 37.5 Å². The summed E-state index contributed by atoms with van der Waals surface area (Å²) >= 11 is 0. The molecule has 0 radical (unpaired) electrons. The second kappa shape index (κ2) is 6.21. The van der Waals surface area contributed by atoms with E-state index in [0.717, 1.165) is 19.5 Å². The average Bonchev–Trinajstić information content (AvgIpc) is 2.82. The number of hydrogen-bond acceptors (Lipinski definition) is 3. The van der Waals surface area contributed by atoms with Gasteiger partial charge in [-0.2, -0.15) is 5.06 Å². The van der Waals surface area contributed by atoms with Crippen molar-refractivity contribution in [3.05, 3.63) is 29.8 Å². The minimum Gasteiger partial charge on any atom is -0.378 e.